The number of benzene rings is 1. The van der Waals surface area contributed by atoms with Crippen molar-refractivity contribution in [1.29, 1.82) is 0 Å². The maximum atomic E-state index is 14.0. The van der Waals surface area contributed by atoms with Crippen molar-refractivity contribution in [3.8, 4) is 11.4 Å². The molecule has 0 amide bonds. The molecule has 3 aromatic rings. The summed E-state index contributed by atoms with van der Waals surface area (Å²) < 4.78 is 40.5. The number of aromatic nitrogens is 2. The van der Waals surface area contributed by atoms with Crippen LogP contribution in [-0.2, 0) is 10.0 Å². The van der Waals surface area contributed by atoms with Gasteiger partial charge in [-0.25, -0.2) is 13.3 Å². The number of carbonyl (C=O) groups excluding carboxylic acids is 1. The lowest BCUT2D eigenvalue weighted by Gasteiger charge is -2.08. The van der Waals surface area contributed by atoms with Crippen molar-refractivity contribution in [3.63, 3.8) is 0 Å². The van der Waals surface area contributed by atoms with Crippen LogP contribution in [0.3, 0.4) is 0 Å². The number of rotatable bonds is 4. The normalized spacial score (nSPS) is 11.6. The van der Waals surface area contributed by atoms with E-state index in [0.717, 1.165) is 26.4 Å². The van der Waals surface area contributed by atoms with Gasteiger partial charge < -0.3 is 0 Å². The molecule has 0 atom stereocenters. The van der Waals surface area contributed by atoms with Gasteiger partial charge in [-0.05, 0) is 31.2 Å². The second-order valence-corrected chi connectivity index (χ2v) is 8.08. The number of hydrogen-bond donors (Lipinski definition) is 0. The number of nitrogens with zero attached hydrogens (tertiary/aromatic N) is 2. The second kappa shape index (κ2) is 5.71. The SMILES string of the molecule is Cc1ccc(S(=O)(=O)n2cc(C=O)nc2-c2ccccc2F)s1. The van der Waals surface area contributed by atoms with Crippen molar-refractivity contribution >= 4 is 27.6 Å². The summed E-state index contributed by atoms with van der Waals surface area (Å²) >= 11 is 1.10. The Morgan fingerprint density at radius 1 is 1.22 bits per heavy atom. The number of thiophene rings is 1. The molecule has 2 heterocycles. The maximum Gasteiger partial charge on any atom is 0.278 e. The molecule has 0 fully saturated rings. The third-order valence-electron chi connectivity index (χ3n) is 3.16. The van der Waals surface area contributed by atoms with E-state index in [0.29, 0.717) is 6.29 Å². The Labute approximate surface area is 136 Å². The number of carbonyl (C=O) groups is 1. The van der Waals surface area contributed by atoms with Crippen LogP contribution in [0.15, 0.2) is 46.8 Å². The predicted molar refractivity (Wildman–Crippen MR) is 84.6 cm³/mol. The fraction of sp³-hybridized carbons (Fsp3) is 0.0667. The molecule has 0 saturated heterocycles. The van der Waals surface area contributed by atoms with Crippen LogP contribution in [0.4, 0.5) is 4.39 Å². The topological polar surface area (TPSA) is 69.0 Å². The zero-order valence-electron chi connectivity index (χ0n) is 11.9. The molecule has 0 aliphatic rings. The van der Waals surface area contributed by atoms with E-state index in [1.54, 1.807) is 19.1 Å². The molecule has 0 spiro atoms. The van der Waals surface area contributed by atoms with E-state index in [1.807, 2.05) is 0 Å². The van der Waals surface area contributed by atoms with E-state index < -0.39 is 15.8 Å². The number of aldehydes is 1. The zero-order valence-corrected chi connectivity index (χ0v) is 13.6. The standard InChI is InChI=1S/C15H11FN2O3S2/c1-10-6-7-14(22-10)23(20,21)18-8-11(9-19)17-15(18)12-4-2-3-5-13(12)16/h2-9H,1H3. The zero-order chi connectivity index (χ0) is 16.6. The minimum absolute atomic E-state index is 0.0115. The van der Waals surface area contributed by atoms with Crippen molar-refractivity contribution in [2.24, 2.45) is 0 Å². The molecule has 0 radical (unpaired) electrons. The summed E-state index contributed by atoms with van der Waals surface area (Å²) in [5.74, 6) is -0.745. The van der Waals surface area contributed by atoms with E-state index in [9.17, 15) is 17.6 Å². The number of imidazole rings is 1. The van der Waals surface area contributed by atoms with Crippen LogP contribution in [0, 0.1) is 12.7 Å². The average Bonchev–Trinajstić information content (AvgIpc) is 3.14. The summed E-state index contributed by atoms with van der Waals surface area (Å²) in [6, 6.07) is 8.83. The van der Waals surface area contributed by atoms with Gasteiger partial charge >= 0.3 is 0 Å². The van der Waals surface area contributed by atoms with Gasteiger partial charge in [-0.3, -0.25) is 4.79 Å². The first-order valence-corrected chi connectivity index (χ1v) is 8.80. The van der Waals surface area contributed by atoms with Crippen molar-refractivity contribution < 1.29 is 17.6 Å². The van der Waals surface area contributed by atoms with Gasteiger partial charge in [0.1, 0.15) is 15.7 Å². The summed E-state index contributed by atoms with van der Waals surface area (Å²) in [6.07, 6.45) is 1.52. The van der Waals surface area contributed by atoms with Crippen molar-refractivity contribution in [3.05, 3.63) is 59.0 Å². The molecule has 0 saturated carbocycles. The fourth-order valence-electron chi connectivity index (χ4n) is 2.09. The fourth-order valence-corrected chi connectivity index (χ4v) is 4.78. The van der Waals surface area contributed by atoms with Gasteiger partial charge in [0.25, 0.3) is 10.0 Å². The second-order valence-electron chi connectivity index (χ2n) is 4.75. The smallest absolute Gasteiger partial charge is 0.278 e. The van der Waals surface area contributed by atoms with Crippen LogP contribution >= 0.6 is 11.3 Å². The summed E-state index contributed by atoms with van der Waals surface area (Å²) in [5.41, 5.74) is -0.0717. The molecule has 118 valence electrons. The largest absolute Gasteiger partial charge is 0.296 e. The van der Waals surface area contributed by atoms with Crippen LogP contribution in [0.25, 0.3) is 11.4 Å². The van der Waals surface area contributed by atoms with Crippen LogP contribution < -0.4 is 0 Å². The maximum absolute atomic E-state index is 14.0. The molecule has 8 heteroatoms. The molecule has 0 unspecified atom stereocenters. The van der Waals surface area contributed by atoms with E-state index in [2.05, 4.69) is 4.98 Å². The third kappa shape index (κ3) is 2.71. The van der Waals surface area contributed by atoms with Gasteiger partial charge in [0.2, 0.25) is 0 Å². The summed E-state index contributed by atoms with van der Waals surface area (Å²) in [5, 5.41) is 0. The first-order valence-electron chi connectivity index (χ1n) is 6.55. The Hall–Kier alpha value is -2.32. The van der Waals surface area contributed by atoms with E-state index in [4.69, 9.17) is 0 Å². The van der Waals surface area contributed by atoms with Gasteiger partial charge in [0.05, 0.1) is 11.8 Å². The first kappa shape index (κ1) is 15.6. The Morgan fingerprint density at radius 2 is 1.96 bits per heavy atom. The monoisotopic (exact) mass is 350 g/mol. The number of halogens is 1. The van der Waals surface area contributed by atoms with Crippen LogP contribution in [0.5, 0.6) is 0 Å². The molecule has 5 nitrogen and oxygen atoms in total. The lowest BCUT2D eigenvalue weighted by atomic mass is 10.2. The molecule has 1 aromatic carbocycles. The van der Waals surface area contributed by atoms with Gasteiger partial charge in [0, 0.05) is 4.88 Å². The quantitative estimate of drug-likeness (QED) is 0.678. The van der Waals surface area contributed by atoms with E-state index in [-0.39, 0.29) is 21.3 Å². The highest BCUT2D eigenvalue weighted by molar-refractivity contribution is 7.92. The number of hydrogen-bond acceptors (Lipinski definition) is 5. The molecular weight excluding hydrogens is 339 g/mol. The van der Waals surface area contributed by atoms with Gasteiger partial charge in [0.15, 0.2) is 12.1 Å². The van der Waals surface area contributed by atoms with Crippen LogP contribution in [0.1, 0.15) is 15.4 Å². The minimum atomic E-state index is -3.96. The summed E-state index contributed by atoms with van der Waals surface area (Å²) in [6.45, 7) is 1.78. The van der Waals surface area contributed by atoms with Gasteiger partial charge in [-0.1, -0.05) is 12.1 Å². The predicted octanol–water partition coefficient (Wildman–Crippen LogP) is 3.11. The Kier molecular flexibility index (Phi) is 3.87. The van der Waals surface area contributed by atoms with Crippen molar-refractivity contribution in [2.45, 2.75) is 11.1 Å². The summed E-state index contributed by atoms with van der Waals surface area (Å²) in [4.78, 5) is 15.8. The highest BCUT2D eigenvalue weighted by Crippen LogP contribution is 2.29. The van der Waals surface area contributed by atoms with Crippen molar-refractivity contribution in [2.75, 3.05) is 0 Å². The van der Waals surface area contributed by atoms with E-state index >= 15 is 0 Å². The Balaban J connectivity index is 2.26. The lowest BCUT2D eigenvalue weighted by molar-refractivity contribution is 0.111. The van der Waals surface area contributed by atoms with Gasteiger partial charge in [-0.15, -0.1) is 11.3 Å². The highest BCUT2D eigenvalue weighted by atomic mass is 32.2. The lowest BCUT2D eigenvalue weighted by Crippen LogP contribution is -2.12. The summed E-state index contributed by atoms with van der Waals surface area (Å²) in [7, 11) is -3.96. The Morgan fingerprint density at radius 3 is 2.57 bits per heavy atom. The van der Waals surface area contributed by atoms with E-state index in [1.165, 1.54) is 24.3 Å². The van der Waals surface area contributed by atoms with Crippen LogP contribution in [0.2, 0.25) is 0 Å². The molecule has 0 aliphatic carbocycles. The molecule has 3 rings (SSSR count). The molecule has 0 N–H and O–H groups in total. The molecule has 0 bridgehead atoms. The molecule has 0 aliphatic heterocycles. The minimum Gasteiger partial charge on any atom is -0.296 e. The van der Waals surface area contributed by atoms with Crippen LogP contribution in [-0.4, -0.2) is 23.7 Å². The number of aryl methyl sites for hydroxylation is 1. The first-order chi connectivity index (χ1) is 10.9. The Bertz CT molecular complexity index is 990. The third-order valence-corrected chi connectivity index (χ3v) is 6.28. The van der Waals surface area contributed by atoms with Crippen molar-refractivity contribution in [1.82, 2.24) is 8.96 Å². The molecule has 23 heavy (non-hydrogen) atoms. The average molecular weight is 350 g/mol. The van der Waals surface area contributed by atoms with Gasteiger partial charge in [-0.2, -0.15) is 8.42 Å². The molecular formula is C15H11FN2O3S2. The highest BCUT2D eigenvalue weighted by Gasteiger charge is 2.25. The molecule has 2 aromatic heterocycles.